The molecule has 1 atom stereocenters. The van der Waals surface area contributed by atoms with Crippen molar-refractivity contribution in [3.05, 3.63) is 34.4 Å². The minimum absolute atomic E-state index is 0.0844. The molecule has 1 aromatic carbocycles. The molecular weight excluding hydrogens is 380 g/mol. The highest BCUT2D eigenvalue weighted by Crippen LogP contribution is 2.16. The minimum Gasteiger partial charge on any atom is -0.444 e. The van der Waals surface area contributed by atoms with E-state index in [-0.39, 0.29) is 11.6 Å². The summed E-state index contributed by atoms with van der Waals surface area (Å²) < 4.78 is 5.13. The van der Waals surface area contributed by atoms with E-state index < -0.39 is 28.6 Å². The van der Waals surface area contributed by atoms with Crippen LogP contribution >= 0.6 is 0 Å². The quantitative estimate of drug-likeness (QED) is 0.326. The van der Waals surface area contributed by atoms with Gasteiger partial charge < -0.3 is 20.7 Å². The van der Waals surface area contributed by atoms with E-state index in [2.05, 4.69) is 16.0 Å². The fourth-order valence-corrected chi connectivity index (χ4v) is 2.39. The Morgan fingerprint density at radius 1 is 1.14 bits per heavy atom. The van der Waals surface area contributed by atoms with Crippen molar-refractivity contribution in [3.63, 3.8) is 0 Å². The number of nitro groups is 1. The van der Waals surface area contributed by atoms with Gasteiger partial charge in [-0.1, -0.05) is 0 Å². The molecule has 0 saturated carbocycles. The largest absolute Gasteiger partial charge is 0.444 e. The van der Waals surface area contributed by atoms with Gasteiger partial charge in [0.15, 0.2) is 0 Å². The van der Waals surface area contributed by atoms with Crippen LogP contribution in [-0.2, 0) is 14.3 Å². The number of alkyl carbamates (subject to hydrolysis) is 1. The number of benzene rings is 1. The highest BCUT2D eigenvalue weighted by Gasteiger charge is 2.20. The summed E-state index contributed by atoms with van der Waals surface area (Å²) in [6.07, 6.45) is 1.04. The summed E-state index contributed by atoms with van der Waals surface area (Å²) in [7, 11) is 0. The molecule has 0 spiro atoms. The Labute approximate surface area is 169 Å². The zero-order valence-corrected chi connectivity index (χ0v) is 17.1. The lowest BCUT2D eigenvalue weighted by molar-refractivity contribution is -0.384. The summed E-state index contributed by atoms with van der Waals surface area (Å²) in [5.41, 5.74) is -0.266. The number of carbonyl (C=O) groups excluding carboxylic acids is 3. The number of nitrogens with zero attached hydrogens (tertiary/aromatic N) is 1. The van der Waals surface area contributed by atoms with Gasteiger partial charge in [-0.05, 0) is 52.2 Å². The Morgan fingerprint density at radius 3 is 2.28 bits per heavy atom. The summed E-state index contributed by atoms with van der Waals surface area (Å²) in [6, 6.07) is 4.65. The van der Waals surface area contributed by atoms with Gasteiger partial charge in [-0.25, -0.2) is 4.79 Å². The number of non-ortho nitro benzene ring substituents is 1. The van der Waals surface area contributed by atoms with E-state index in [0.717, 1.165) is 0 Å². The number of nitrogens with one attached hydrogen (secondary N) is 3. The second-order valence-corrected chi connectivity index (χ2v) is 7.47. The molecule has 0 bridgehead atoms. The number of amides is 3. The summed E-state index contributed by atoms with van der Waals surface area (Å²) in [5, 5.41) is 18.5. The lowest BCUT2D eigenvalue weighted by Crippen LogP contribution is -2.43. The second-order valence-electron chi connectivity index (χ2n) is 7.47. The van der Waals surface area contributed by atoms with Crippen molar-refractivity contribution in [2.45, 2.75) is 58.6 Å². The monoisotopic (exact) mass is 408 g/mol. The summed E-state index contributed by atoms with van der Waals surface area (Å²) >= 11 is 0. The normalized spacial score (nSPS) is 11.9. The van der Waals surface area contributed by atoms with Crippen LogP contribution in [0, 0.1) is 10.1 Å². The highest BCUT2D eigenvalue weighted by atomic mass is 16.6. The summed E-state index contributed by atoms with van der Waals surface area (Å²) in [6.45, 7) is 7.01. The lowest BCUT2D eigenvalue weighted by Gasteiger charge is -2.20. The van der Waals surface area contributed by atoms with Crippen molar-refractivity contribution in [1.29, 1.82) is 0 Å². The van der Waals surface area contributed by atoms with Gasteiger partial charge in [0.05, 0.1) is 4.92 Å². The van der Waals surface area contributed by atoms with E-state index in [1.165, 1.54) is 31.2 Å². The Kier molecular flexibility index (Phi) is 9.04. The molecule has 0 saturated heterocycles. The molecule has 1 aromatic rings. The van der Waals surface area contributed by atoms with Gasteiger partial charge >= 0.3 is 6.09 Å². The number of carbonyl (C=O) groups is 3. The standard InChI is InChI=1S/C19H28N4O6/c1-13(24)21-16(7-5-6-12-20-18(26)29-19(2,3)4)17(25)22-14-8-10-15(11-9-14)23(27)28/h8-11,16H,5-7,12H2,1-4H3,(H,20,26)(H,21,24)(H,22,25)/t16-/m0/s1. The second kappa shape index (κ2) is 11.0. The van der Waals surface area contributed by atoms with Gasteiger partial charge in [0.1, 0.15) is 11.6 Å². The molecule has 10 nitrogen and oxygen atoms in total. The van der Waals surface area contributed by atoms with E-state index in [1.54, 1.807) is 20.8 Å². The fourth-order valence-electron chi connectivity index (χ4n) is 2.39. The maximum Gasteiger partial charge on any atom is 0.407 e. The van der Waals surface area contributed by atoms with Crippen LogP contribution in [0.5, 0.6) is 0 Å². The number of hydrogen-bond donors (Lipinski definition) is 3. The Hall–Kier alpha value is -3.17. The number of ether oxygens (including phenoxy) is 1. The number of unbranched alkanes of at least 4 members (excludes halogenated alkanes) is 1. The molecule has 1 rings (SSSR count). The smallest absolute Gasteiger partial charge is 0.407 e. The summed E-state index contributed by atoms with van der Waals surface area (Å²) in [5.74, 6) is -0.769. The molecule has 0 aliphatic heterocycles. The molecule has 10 heteroatoms. The molecule has 160 valence electrons. The molecule has 0 aliphatic carbocycles. The first-order chi connectivity index (χ1) is 13.5. The number of hydrogen-bond acceptors (Lipinski definition) is 6. The first kappa shape index (κ1) is 23.9. The molecule has 0 radical (unpaired) electrons. The molecule has 0 unspecified atom stereocenters. The van der Waals surface area contributed by atoms with Gasteiger partial charge in [0.25, 0.3) is 5.69 Å². The van der Waals surface area contributed by atoms with Crippen LogP contribution in [0.4, 0.5) is 16.2 Å². The SMILES string of the molecule is CC(=O)N[C@@H](CCCCNC(=O)OC(C)(C)C)C(=O)Nc1ccc([N+](=O)[O-])cc1. The maximum absolute atomic E-state index is 12.4. The fraction of sp³-hybridized carbons (Fsp3) is 0.526. The third-order valence-corrected chi connectivity index (χ3v) is 3.63. The van der Waals surface area contributed by atoms with Gasteiger partial charge in [-0.3, -0.25) is 19.7 Å². The van der Waals surface area contributed by atoms with E-state index in [9.17, 15) is 24.5 Å². The van der Waals surface area contributed by atoms with Crippen LogP contribution in [0.3, 0.4) is 0 Å². The topological polar surface area (TPSA) is 140 Å². The minimum atomic E-state index is -0.760. The van der Waals surface area contributed by atoms with Crippen molar-refractivity contribution >= 4 is 29.3 Å². The molecule has 3 N–H and O–H groups in total. The first-order valence-corrected chi connectivity index (χ1v) is 9.27. The van der Waals surface area contributed by atoms with Crippen LogP contribution in [-0.4, -0.2) is 41.0 Å². The van der Waals surface area contributed by atoms with Crippen molar-refractivity contribution in [3.8, 4) is 0 Å². The van der Waals surface area contributed by atoms with Gasteiger partial charge in [-0.2, -0.15) is 0 Å². The Morgan fingerprint density at radius 2 is 1.76 bits per heavy atom. The predicted octanol–water partition coefficient (Wildman–Crippen LogP) is 2.73. The van der Waals surface area contributed by atoms with Crippen molar-refractivity contribution in [1.82, 2.24) is 10.6 Å². The molecule has 0 heterocycles. The summed E-state index contributed by atoms with van der Waals surface area (Å²) in [4.78, 5) is 45.6. The van der Waals surface area contributed by atoms with Gasteiger partial charge in [0, 0.05) is 31.3 Å². The molecule has 3 amide bonds. The van der Waals surface area contributed by atoms with Gasteiger partial charge in [-0.15, -0.1) is 0 Å². The van der Waals surface area contributed by atoms with Crippen LogP contribution < -0.4 is 16.0 Å². The number of anilines is 1. The molecule has 0 aromatic heterocycles. The zero-order valence-electron chi connectivity index (χ0n) is 17.1. The maximum atomic E-state index is 12.4. The zero-order chi connectivity index (χ0) is 22.0. The van der Waals surface area contributed by atoms with Crippen LogP contribution in [0.1, 0.15) is 47.0 Å². The van der Waals surface area contributed by atoms with Crippen molar-refractivity contribution < 1.29 is 24.0 Å². The molecule has 0 fully saturated rings. The highest BCUT2D eigenvalue weighted by molar-refractivity contribution is 5.97. The lowest BCUT2D eigenvalue weighted by atomic mass is 10.1. The predicted molar refractivity (Wildman–Crippen MR) is 107 cm³/mol. The van der Waals surface area contributed by atoms with Crippen molar-refractivity contribution in [2.75, 3.05) is 11.9 Å². The Balaban J connectivity index is 2.50. The average Bonchev–Trinajstić information content (AvgIpc) is 2.59. The molecular formula is C19H28N4O6. The van der Waals surface area contributed by atoms with E-state index in [1.807, 2.05) is 0 Å². The third kappa shape index (κ3) is 10.1. The Bertz CT molecular complexity index is 727. The molecule has 0 aliphatic rings. The van der Waals surface area contributed by atoms with Crippen LogP contribution in [0.15, 0.2) is 24.3 Å². The molecule has 29 heavy (non-hydrogen) atoms. The third-order valence-electron chi connectivity index (χ3n) is 3.63. The number of rotatable bonds is 9. The van der Waals surface area contributed by atoms with Crippen LogP contribution in [0.25, 0.3) is 0 Å². The number of nitro benzene ring substituents is 1. The van der Waals surface area contributed by atoms with Crippen molar-refractivity contribution in [2.24, 2.45) is 0 Å². The van der Waals surface area contributed by atoms with Crippen LogP contribution in [0.2, 0.25) is 0 Å². The first-order valence-electron chi connectivity index (χ1n) is 9.27. The van der Waals surface area contributed by atoms with E-state index in [4.69, 9.17) is 4.74 Å². The van der Waals surface area contributed by atoms with E-state index >= 15 is 0 Å². The van der Waals surface area contributed by atoms with E-state index in [0.29, 0.717) is 31.5 Å². The average molecular weight is 408 g/mol. The van der Waals surface area contributed by atoms with Gasteiger partial charge in [0.2, 0.25) is 11.8 Å².